The number of aryl methyl sites for hydroxylation is 1. The lowest BCUT2D eigenvalue weighted by atomic mass is 9.95. The summed E-state index contributed by atoms with van der Waals surface area (Å²) in [5.41, 5.74) is 8.04. The predicted molar refractivity (Wildman–Crippen MR) is 99.0 cm³/mol. The van der Waals surface area contributed by atoms with E-state index in [9.17, 15) is 4.79 Å². The highest BCUT2D eigenvalue weighted by molar-refractivity contribution is 5.80. The maximum Gasteiger partial charge on any atom is 0.217 e. The topological polar surface area (TPSA) is 70.7 Å². The van der Waals surface area contributed by atoms with Gasteiger partial charge in [0.15, 0.2) is 5.96 Å². The molecule has 1 aromatic rings. The molecule has 1 heterocycles. The van der Waals surface area contributed by atoms with Crippen LogP contribution in [-0.2, 0) is 17.6 Å². The first kappa shape index (κ1) is 18.3. The first-order chi connectivity index (χ1) is 11.6. The number of carbonyl (C=O) groups excluding carboxylic acids is 1. The van der Waals surface area contributed by atoms with Gasteiger partial charge >= 0.3 is 0 Å². The Bertz CT molecular complexity index is 553. The second-order valence-corrected chi connectivity index (χ2v) is 6.52. The average molecular weight is 330 g/mol. The highest BCUT2D eigenvalue weighted by Crippen LogP contribution is 2.19. The molecule has 0 aliphatic carbocycles. The number of benzene rings is 1. The Morgan fingerprint density at radius 3 is 2.67 bits per heavy atom. The number of primary amides is 1. The maximum absolute atomic E-state index is 11.1. The molecular formula is C19H30N4O. The molecule has 24 heavy (non-hydrogen) atoms. The number of piperidine rings is 1. The second-order valence-electron chi connectivity index (χ2n) is 6.52. The van der Waals surface area contributed by atoms with Crippen LogP contribution in [0.2, 0.25) is 0 Å². The first-order valence-corrected chi connectivity index (χ1v) is 8.94. The summed E-state index contributed by atoms with van der Waals surface area (Å²) in [6, 6.07) is 8.80. The fourth-order valence-electron chi connectivity index (χ4n) is 3.30. The molecule has 1 aliphatic rings. The predicted octanol–water partition coefficient (Wildman–Crippen LogP) is 1.95. The van der Waals surface area contributed by atoms with Gasteiger partial charge in [-0.25, -0.2) is 0 Å². The molecule has 5 heteroatoms. The zero-order chi connectivity index (χ0) is 17.4. The van der Waals surface area contributed by atoms with Crippen molar-refractivity contribution >= 4 is 11.9 Å². The van der Waals surface area contributed by atoms with Gasteiger partial charge in [-0.1, -0.05) is 31.2 Å². The number of hydrogen-bond donors (Lipinski definition) is 2. The Labute approximate surface area is 145 Å². The molecule has 5 nitrogen and oxygen atoms in total. The van der Waals surface area contributed by atoms with E-state index in [1.54, 1.807) is 0 Å². The molecule has 0 saturated carbocycles. The van der Waals surface area contributed by atoms with E-state index >= 15 is 0 Å². The Balaban J connectivity index is 1.81. The number of likely N-dealkylation sites (tertiary alicyclic amines) is 1. The fourth-order valence-corrected chi connectivity index (χ4v) is 3.30. The van der Waals surface area contributed by atoms with Crippen LogP contribution in [0.5, 0.6) is 0 Å². The van der Waals surface area contributed by atoms with Crippen molar-refractivity contribution in [2.24, 2.45) is 16.6 Å². The van der Waals surface area contributed by atoms with Gasteiger partial charge in [0.2, 0.25) is 5.91 Å². The highest BCUT2D eigenvalue weighted by atomic mass is 16.1. The molecule has 0 bridgehead atoms. The zero-order valence-electron chi connectivity index (χ0n) is 14.9. The van der Waals surface area contributed by atoms with Crippen molar-refractivity contribution in [2.45, 2.75) is 39.0 Å². The van der Waals surface area contributed by atoms with Crippen LogP contribution >= 0.6 is 0 Å². The largest absolute Gasteiger partial charge is 0.370 e. The van der Waals surface area contributed by atoms with E-state index in [2.05, 4.69) is 46.4 Å². The van der Waals surface area contributed by atoms with Crippen LogP contribution in [-0.4, -0.2) is 43.4 Å². The quantitative estimate of drug-likeness (QED) is 0.619. The number of nitrogens with zero attached hydrogens (tertiary/aromatic N) is 2. The van der Waals surface area contributed by atoms with Gasteiger partial charge in [0.25, 0.3) is 0 Å². The SMILES string of the molecule is CCc1ccc(CCNC(=NC)N2CCCC(CC(N)=O)C2)cc1. The van der Waals surface area contributed by atoms with Gasteiger partial charge in [-0.05, 0) is 42.7 Å². The Kier molecular flexibility index (Phi) is 7.09. The minimum Gasteiger partial charge on any atom is -0.370 e. The summed E-state index contributed by atoms with van der Waals surface area (Å²) in [4.78, 5) is 17.8. The molecule has 1 unspecified atom stereocenters. The lowest BCUT2D eigenvalue weighted by Gasteiger charge is -2.34. The Hall–Kier alpha value is -2.04. The van der Waals surface area contributed by atoms with E-state index in [0.717, 1.165) is 51.3 Å². The number of nitrogens with one attached hydrogen (secondary N) is 1. The summed E-state index contributed by atoms with van der Waals surface area (Å²) in [5.74, 6) is 1.06. The molecule has 2 rings (SSSR count). The van der Waals surface area contributed by atoms with E-state index in [-0.39, 0.29) is 5.91 Å². The standard InChI is InChI=1S/C19H30N4O/c1-3-15-6-8-16(9-7-15)10-11-22-19(21-2)23-12-4-5-17(14-23)13-18(20)24/h6-9,17H,3-5,10-14H2,1-2H3,(H2,20,24)(H,21,22). The first-order valence-electron chi connectivity index (χ1n) is 8.94. The fraction of sp³-hybridized carbons (Fsp3) is 0.579. The molecular weight excluding hydrogens is 300 g/mol. The van der Waals surface area contributed by atoms with Crippen molar-refractivity contribution in [3.63, 3.8) is 0 Å². The van der Waals surface area contributed by atoms with Gasteiger partial charge < -0.3 is 16.0 Å². The molecule has 1 aromatic carbocycles. The summed E-state index contributed by atoms with van der Waals surface area (Å²) >= 11 is 0. The average Bonchev–Trinajstić information content (AvgIpc) is 2.59. The van der Waals surface area contributed by atoms with E-state index in [1.807, 2.05) is 7.05 Å². The van der Waals surface area contributed by atoms with Crippen LogP contribution in [0.25, 0.3) is 0 Å². The van der Waals surface area contributed by atoms with Gasteiger partial charge in [-0.2, -0.15) is 0 Å². The smallest absolute Gasteiger partial charge is 0.217 e. The summed E-state index contributed by atoms with van der Waals surface area (Å²) in [7, 11) is 1.82. The number of amides is 1. The number of carbonyl (C=O) groups is 1. The molecule has 1 saturated heterocycles. The van der Waals surface area contributed by atoms with Gasteiger partial charge in [0.1, 0.15) is 0 Å². The molecule has 1 aliphatic heterocycles. The third kappa shape index (κ3) is 5.55. The molecule has 0 aromatic heterocycles. The van der Waals surface area contributed by atoms with E-state index in [4.69, 9.17) is 5.73 Å². The summed E-state index contributed by atoms with van der Waals surface area (Å²) in [6.07, 6.45) is 4.67. The lowest BCUT2D eigenvalue weighted by molar-refractivity contribution is -0.119. The van der Waals surface area contributed by atoms with Crippen LogP contribution in [0.3, 0.4) is 0 Å². The van der Waals surface area contributed by atoms with Crippen LogP contribution in [0, 0.1) is 5.92 Å². The van der Waals surface area contributed by atoms with Crippen LogP contribution in [0.15, 0.2) is 29.3 Å². The normalized spacial score (nSPS) is 18.5. The molecule has 132 valence electrons. The highest BCUT2D eigenvalue weighted by Gasteiger charge is 2.23. The maximum atomic E-state index is 11.1. The van der Waals surface area contributed by atoms with Crippen LogP contribution in [0.4, 0.5) is 0 Å². The van der Waals surface area contributed by atoms with Crippen molar-refractivity contribution in [3.05, 3.63) is 35.4 Å². The van der Waals surface area contributed by atoms with Crippen molar-refractivity contribution in [3.8, 4) is 0 Å². The third-order valence-corrected chi connectivity index (χ3v) is 4.65. The van der Waals surface area contributed by atoms with Gasteiger partial charge in [0.05, 0.1) is 0 Å². The van der Waals surface area contributed by atoms with E-state index in [1.165, 1.54) is 11.1 Å². The second kappa shape index (κ2) is 9.30. The molecule has 1 amide bonds. The number of hydrogen-bond acceptors (Lipinski definition) is 2. The molecule has 3 N–H and O–H groups in total. The van der Waals surface area contributed by atoms with Gasteiger partial charge in [0, 0.05) is 33.1 Å². The number of rotatable bonds is 6. The van der Waals surface area contributed by atoms with Crippen molar-refractivity contribution in [1.29, 1.82) is 0 Å². The number of nitrogens with two attached hydrogens (primary N) is 1. The minimum absolute atomic E-state index is 0.208. The lowest BCUT2D eigenvalue weighted by Crippen LogP contribution is -2.47. The van der Waals surface area contributed by atoms with E-state index < -0.39 is 0 Å². The van der Waals surface area contributed by atoms with Crippen LogP contribution < -0.4 is 11.1 Å². The monoisotopic (exact) mass is 330 g/mol. The summed E-state index contributed by atoms with van der Waals surface area (Å²) in [5, 5.41) is 3.45. The minimum atomic E-state index is -0.208. The number of guanidine groups is 1. The molecule has 0 radical (unpaired) electrons. The van der Waals surface area contributed by atoms with Gasteiger partial charge in [-0.3, -0.25) is 9.79 Å². The van der Waals surface area contributed by atoms with Crippen molar-refractivity contribution in [1.82, 2.24) is 10.2 Å². The van der Waals surface area contributed by atoms with Crippen molar-refractivity contribution < 1.29 is 4.79 Å². The van der Waals surface area contributed by atoms with Gasteiger partial charge in [-0.15, -0.1) is 0 Å². The third-order valence-electron chi connectivity index (χ3n) is 4.65. The zero-order valence-corrected chi connectivity index (χ0v) is 14.9. The number of aliphatic imine (C=N–C) groups is 1. The van der Waals surface area contributed by atoms with Crippen molar-refractivity contribution in [2.75, 3.05) is 26.7 Å². The Morgan fingerprint density at radius 2 is 2.04 bits per heavy atom. The molecule has 1 fully saturated rings. The molecule has 0 spiro atoms. The summed E-state index contributed by atoms with van der Waals surface area (Å²) < 4.78 is 0. The molecule has 1 atom stereocenters. The van der Waals surface area contributed by atoms with Crippen LogP contribution in [0.1, 0.15) is 37.3 Å². The van der Waals surface area contributed by atoms with E-state index in [0.29, 0.717) is 12.3 Å². The summed E-state index contributed by atoms with van der Waals surface area (Å²) in [6.45, 7) is 4.87. The Morgan fingerprint density at radius 1 is 1.33 bits per heavy atom.